The van der Waals surface area contributed by atoms with E-state index in [0.717, 1.165) is 39.8 Å². The second-order valence-electron chi connectivity index (χ2n) is 6.21. The molecular weight excluding hydrogens is 316 g/mol. The van der Waals surface area contributed by atoms with Crippen molar-refractivity contribution in [2.75, 3.05) is 13.7 Å². The van der Waals surface area contributed by atoms with Gasteiger partial charge in [0, 0.05) is 11.9 Å². The Kier molecular flexibility index (Phi) is 5.03. The van der Waals surface area contributed by atoms with Crippen molar-refractivity contribution in [1.29, 1.82) is 0 Å². The SMILES string of the molecule is COc1ccc(CCNC(=O)Cc2noc3c(C)cc(C)cc23)cc1. The predicted octanol–water partition coefficient (Wildman–Crippen LogP) is 3.35. The van der Waals surface area contributed by atoms with E-state index in [1.807, 2.05) is 50.2 Å². The molecule has 0 spiro atoms. The first-order valence-electron chi connectivity index (χ1n) is 8.32. The molecule has 0 saturated heterocycles. The Hall–Kier alpha value is -2.82. The highest BCUT2D eigenvalue weighted by atomic mass is 16.5. The van der Waals surface area contributed by atoms with Crippen molar-refractivity contribution in [1.82, 2.24) is 10.5 Å². The fourth-order valence-corrected chi connectivity index (χ4v) is 2.92. The van der Waals surface area contributed by atoms with E-state index >= 15 is 0 Å². The minimum absolute atomic E-state index is 0.0529. The lowest BCUT2D eigenvalue weighted by molar-refractivity contribution is -0.120. The Bertz CT molecular complexity index is 882. The van der Waals surface area contributed by atoms with Crippen molar-refractivity contribution >= 4 is 16.9 Å². The zero-order valence-electron chi connectivity index (χ0n) is 14.8. The third-order valence-electron chi connectivity index (χ3n) is 4.20. The lowest BCUT2D eigenvalue weighted by Crippen LogP contribution is -2.27. The third-order valence-corrected chi connectivity index (χ3v) is 4.20. The largest absolute Gasteiger partial charge is 0.497 e. The second kappa shape index (κ2) is 7.38. The van der Waals surface area contributed by atoms with Crippen LogP contribution in [0.2, 0.25) is 0 Å². The van der Waals surface area contributed by atoms with E-state index in [0.29, 0.717) is 12.2 Å². The zero-order valence-corrected chi connectivity index (χ0v) is 14.8. The summed E-state index contributed by atoms with van der Waals surface area (Å²) in [5.41, 5.74) is 4.76. The molecule has 2 aromatic carbocycles. The summed E-state index contributed by atoms with van der Waals surface area (Å²) in [5.74, 6) is 0.777. The molecule has 0 saturated carbocycles. The molecule has 3 aromatic rings. The number of fused-ring (bicyclic) bond motifs is 1. The third kappa shape index (κ3) is 3.99. The van der Waals surface area contributed by atoms with E-state index in [2.05, 4.69) is 10.5 Å². The molecule has 130 valence electrons. The summed E-state index contributed by atoms with van der Waals surface area (Å²) in [6.07, 6.45) is 0.992. The fourth-order valence-electron chi connectivity index (χ4n) is 2.92. The van der Waals surface area contributed by atoms with Crippen LogP contribution in [0.5, 0.6) is 5.75 Å². The molecule has 1 N–H and O–H groups in total. The lowest BCUT2D eigenvalue weighted by atomic mass is 10.1. The molecule has 0 fully saturated rings. The van der Waals surface area contributed by atoms with Crippen LogP contribution in [0.25, 0.3) is 11.0 Å². The number of aryl methyl sites for hydroxylation is 2. The highest BCUT2D eigenvalue weighted by molar-refractivity contribution is 5.88. The maximum absolute atomic E-state index is 12.2. The van der Waals surface area contributed by atoms with Gasteiger partial charge in [-0.2, -0.15) is 0 Å². The number of rotatable bonds is 6. The molecular formula is C20H22N2O3. The minimum Gasteiger partial charge on any atom is -0.497 e. The molecule has 25 heavy (non-hydrogen) atoms. The fraction of sp³-hybridized carbons (Fsp3) is 0.300. The number of amides is 1. The van der Waals surface area contributed by atoms with Crippen LogP contribution in [0.15, 0.2) is 40.9 Å². The van der Waals surface area contributed by atoms with E-state index in [9.17, 15) is 4.79 Å². The van der Waals surface area contributed by atoms with Crippen molar-refractivity contribution in [3.8, 4) is 5.75 Å². The number of aromatic nitrogens is 1. The summed E-state index contributed by atoms with van der Waals surface area (Å²) >= 11 is 0. The van der Waals surface area contributed by atoms with Gasteiger partial charge in [0.05, 0.1) is 13.5 Å². The molecule has 0 atom stereocenters. The van der Waals surface area contributed by atoms with Gasteiger partial charge in [-0.3, -0.25) is 4.79 Å². The standard InChI is InChI=1S/C20H22N2O3/c1-13-10-14(2)20-17(11-13)18(22-25-20)12-19(23)21-9-8-15-4-6-16(24-3)7-5-15/h4-7,10-11H,8-9,12H2,1-3H3,(H,21,23). The molecule has 0 radical (unpaired) electrons. The van der Waals surface area contributed by atoms with Crippen molar-refractivity contribution < 1.29 is 14.1 Å². The van der Waals surface area contributed by atoms with Gasteiger partial charge in [-0.1, -0.05) is 23.4 Å². The Balaban J connectivity index is 1.57. The van der Waals surface area contributed by atoms with Gasteiger partial charge in [0.15, 0.2) is 5.58 Å². The number of nitrogens with zero attached hydrogens (tertiary/aromatic N) is 1. The average Bonchev–Trinajstić information content (AvgIpc) is 2.98. The first-order valence-corrected chi connectivity index (χ1v) is 8.32. The number of nitrogens with one attached hydrogen (secondary N) is 1. The van der Waals surface area contributed by atoms with Crippen molar-refractivity contribution in [2.45, 2.75) is 26.7 Å². The van der Waals surface area contributed by atoms with E-state index in [1.165, 1.54) is 0 Å². The van der Waals surface area contributed by atoms with Crippen LogP contribution in [0.4, 0.5) is 0 Å². The Morgan fingerprint density at radius 2 is 1.96 bits per heavy atom. The van der Waals surface area contributed by atoms with Crippen LogP contribution in [-0.4, -0.2) is 24.7 Å². The van der Waals surface area contributed by atoms with Gasteiger partial charge < -0.3 is 14.6 Å². The first-order chi connectivity index (χ1) is 12.1. The van der Waals surface area contributed by atoms with Crippen molar-refractivity contribution in [2.24, 2.45) is 0 Å². The summed E-state index contributed by atoms with van der Waals surface area (Å²) in [7, 11) is 1.64. The highest BCUT2D eigenvalue weighted by Crippen LogP contribution is 2.24. The molecule has 5 heteroatoms. The summed E-state index contributed by atoms with van der Waals surface area (Å²) in [6, 6.07) is 11.9. The number of hydrogen-bond acceptors (Lipinski definition) is 4. The molecule has 1 aromatic heterocycles. The van der Waals surface area contributed by atoms with Crippen molar-refractivity contribution in [3.63, 3.8) is 0 Å². The molecule has 1 heterocycles. The van der Waals surface area contributed by atoms with E-state index in [1.54, 1.807) is 7.11 Å². The number of benzene rings is 2. The molecule has 0 bridgehead atoms. The van der Waals surface area contributed by atoms with Crippen molar-refractivity contribution in [3.05, 3.63) is 58.8 Å². The predicted molar refractivity (Wildman–Crippen MR) is 96.9 cm³/mol. The quantitative estimate of drug-likeness (QED) is 0.748. The highest BCUT2D eigenvalue weighted by Gasteiger charge is 2.14. The molecule has 0 unspecified atom stereocenters. The zero-order chi connectivity index (χ0) is 17.8. The Morgan fingerprint density at radius 1 is 1.20 bits per heavy atom. The Labute approximate surface area is 147 Å². The van der Waals surface area contributed by atoms with Gasteiger partial charge in [-0.05, 0) is 55.2 Å². The van der Waals surface area contributed by atoms with Crippen LogP contribution >= 0.6 is 0 Å². The van der Waals surface area contributed by atoms with Gasteiger partial charge in [-0.15, -0.1) is 0 Å². The van der Waals surface area contributed by atoms with Crippen LogP contribution in [0.1, 0.15) is 22.4 Å². The van der Waals surface area contributed by atoms with Gasteiger partial charge >= 0.3 is 0 Å². The smallest absolute Gasteiger partial charge is 0.226 e. The molecule has 0 aliphatic rings. The normalized spacial score (nSPS) is 10.8. The molecule has 0 aliphatic carbocycles. The van der Waals surface area contributed by atoms with Crippen LogP contribution in [0, 0.1) is 13.8 Å². The van der Waals surface area contributed by atoms with E-state index in [-0.39, 0.29) is 12.3 Å². The van der Waals surface area contributed by atoms with E-state index in [4.69, 9.17) is 9.26 Å². The topological polar surface area (TPSA) is 64.4 Å². The number of carbonyl (C=O) groups excluding carboxylic acids is 1. The first kappa shape index (κ1) is 17.0. The van der Waals surface area contributed by atoms with Crippen LogP contribution in [-0.2, 0) is 17.6 Å². The second-order valence-corrected chi connectivity index (χ2v) is 6.21. The lowest BCUT2D eigenvalue weighted by Gasteiger charge is -2.06. The number of hydrogen-bond donors (Lipinski definition) is 1. The van der Waals surface area contributed by atoms with Gasteiger partial charge in [0.2, 0.25) is 5.91 Å². The number of ether oxygens (including phenoxy) is 1. The van der Waals surface area contributed by atoms with E-state index < -0.39 is 0 Å². The molecule has 5 nitrogen and oxygen atoms in total. The van der Waals surface area contributed by atoms with Crippen LogP contribution in [0.3, 0.4) is 0 Å². The maximum Gasteiger partial charge on any atom is 0.226 e. The maximum atomic E-state index is 12.2. The monoisotopic (exact) mass is 338 g/mol. The summed E-state index contributed by atoms with van der Waals surface area (Å²) < 4.78 is 10.5. The summed E-state index contributed by atoms with van der Waals surface area (Å²) in [6.45, 7) is 4.59. The Morgan fingerprint density at radius 3 is 2.68 bits per heavy atom. The average molecular weight is 338 g/mol. The molecule has 3 rings (SSSR count). The molecule has 1 amide bonds. The summed E-state index contributed by atoms with van der Waals surface area (Å²) in [5, 5.41) is 7.93. The number of carbonyl (C=O) groups is 1. The summed E-state index contributed by atoms with van der Waals surface area (Å²) in [4.78, 5) is 12.2. The number of methoxy groups -OCH3 is 1. The minimum atomic E-state index is -0.0529. The van der Waals surface area contributed by atoms with Gasteiger partial charge in [0.1, 0.15) is 11.4 Å². The van der Waals surface area contributed by atoms with Gasteiger partial charge in [-0.25, -0.2) is 0 Å². The van der Waals surface area contributed by atoms with Gasteiger partial charge in [0.25, 0.3) is 0 Å². The molecule has 0 aliphatic heterocycles. The van der Waals surface area contributed by atoms with Crippen LogP contribution < -0.4 is 10.1 Å².